The highest BCUT2D eigenvalue weighted by molar-refractivity contribution is 5.73. The Balaban J connectivity index is 0.000000413. The summed E-state index contributed by atoms with van der Waals surface area (Å²) in [6, 6.07) is 15.0. The number of ether oxygens (including phenoxy) is 1. The fourth-order valence-corrected chi connectivity index (χ4v) is 4.06. The number of carboxylic acids is 3. The molecule has 19 heteroatoms. The van der Waals surface area contributed by atoms with Crippen molar-refractivity contribution in [1.82, 2.24) is 15.2 Å². The van der Waals surface area contributed by atoms with Crippen LogP contribution < -0.4 is 10.1 Å². The van der Waals surface area contributed by atoms with Crippen molar-refractivity contribution in [2.45, 2.75) is 62.9 Å². The first-order valence-electron chi connectivity index (χ1n) is 13.0. The normalized spacial score (nSPS) is 17.3. The minimum atomic E-state index is -5.08. The topological polar surface area (TPSA) is 149 Å². The summed E-state index contributed by atoms with van der Waals surface area (Å²) < 4.78 is 102. The molecular weight excluding hydrogens is 649 g/mol. The molecule has 0 bridgehead atoms. The van der Waals surface area contributed by atoms with Gasteiger partial charge in [-0.05, 0) is 45.0 Å². The number of carboxylic acid groups (broad SMARTS) is 3. The van der Waals surface area contributed by atoms with Crippen LogP contribution in [0.5, 0.6) is 5.75 Å². The number of aliphatic carboxylic acids is 3. The lowest BCUT2D eigenvalue weighted by molar-refractivity contribution is -0.193. The van der Waals surface area contributed by atoms with Crippen molar-refractivity contribution >= 4 is 17.9 Å². The molecule has 10 nitrogen and oxygen atoms in total. The number of carbonyl (C=O) groups is 3. The number of nitrogens with zero attached hydrogens (tertiary/aromatic N) is 2. The number of para-hydroxylation sites is 1. The lowest BCUT2D eigenvalue weighted by Crippen LogP contribution is -2.51. The summed E-state index contributed by atoms with van der Waals surface area (Å²) in [5, 5.41) is 25.1. The van der Waals surface area contributed by atoms with Crippen molar-refractivity contribution in [1.29, 1.82) is 0 Å². The van der Waals surface area contributed by atoms with Crippen LogP contribution in [0.2, 0.25) is 0 Å². The van der Waals surface area contributed by atoms with Gasteiger partial charge in [0, 0.05) is 43.4 Å². The van der Waals surface area contributed by atoms with Gasteiger partial charge in [-0.25, -0.2) is 14.4 Å². The van der Waals surface area contributed by atoms with Gasteiger partial charge in [-0.2, -0.15) is 39.5 Å². The molecule has 1 atom stereocenters. The fraction of sp³-hybridized carbons (Fsp3) is 0.481. The molecule has 46 heavy (non-hydrogen) atoms. The summed E-state index contributed by atoms with van der Waals surface area (Å²) in [4.78, 5) is 33.7. The van der Waals surface area contributed by atoms with Gasteiger partial charge in [0.05, 0.1) is 5.69 Å². The van der Waals surface area contributed by atoms with Gasteiger partial charge in [0.25, 0.3) is 0 Å². The van der Waals surface area contributed by atoms with Crippen molar-refractivity contribution in [2.75, 3.05) is 20.1 Å². The van der Waals surface area contributed by atoms with Crippen LogP contribution in [-0.4, -0.2) is 87.4 Å². The zero-order chi connectivity index (χ0) is 35.5. The van der Waals surface area contributed by atoms with Crippen LogP contribution in [0.15, 0.2) is 42.5 Å². The van der Waals surface area contributed by atoms with E-state index in [1.54, 1.807) is 0 Å². The predicted molar refractivity (Wildman–Crippen MR) is 141 cm³/mol. The molecule has 1 aromatic heterocycles. The fourth-order valence-electron chi connectivity index (χ4n) is 4.06. The highest BCUT2D eigenvalue weighted by Gasteiger charge is 2.43. The van der Waals surface area contributed by atoms with Gasteiger partial charge in [-0.1, -0.05) is 24.3 Å². The quantitative estimate of drug-likeness (QED) is 0.312. The molecule has 2 aliphatic rings. The number of benzene rings is 1. The van der Waals surface area contributed by atoms with Gasteiger partial charge in [0.2, 0.25) is 0 Å². The Morgan fingerprint density at radius 2 is 1.30 bits per heavy atom. The summed E-state index contributed by atoms with van der Waals surface area (Å²) in [6.45, 7) is 5.04. The number of nitrogens with one attached hydrogen (secondary N) is 1. The van der Waals surface area contributed by atoms with Crippen LogP contribution in [0.4, 0.5) is 39.5 Å². The van der Waals surface area contributed by atoms with E-state index in [1.807, 2.05) is 13.0 Å². The number of halogens is 9. The van der Waals surface area contributed by atoms with E-state index in [0.29, 0.717) is 6.04 Å². The van der Waals surface area contributed by atoms with Gasteiger partial charge in [-0.3, -0.25) is 4.98 Å². The van der Waals surface area contributed by atoms with Gasteiger partial charge in [0.1, 0.15) is 11.4 Å². The second-order valence-electron chi connectivity index (χ2n) is 9.94. The molecule has 3 heterocycles. The van der Waals surface area contributed by atoms with Crippen LogP contribution >= 0.6 is 0 Å². The van der Waals surface area contributed by atoms with Crippen molar-refractivity contribution in [3.63, 3.8) is 0 Å². The molecule has 0 amide bonds. The third-order valence-electron chi connectivity index (χ3n) is 6.30. The van der Waals surface area contributed by atoms with E-state index < -0.39 is 36.4 Å². The van der Waals surface area contributed by atoms with E-state index in [9.17, 15) is 39.5 Å². The van der Waals surface area contributed by atoms with E-state index in [1.165, 1.54) is 5.56 Å². The largest absolute Gasteiger partial charge is 0.490 e. The minimum absolute atomic E-state index is 0.0292. The maximum Gasteiger partial charge on any atom is 0.490 e. The monoisotopic (exact) mass is 679 g/mol. The molecule has 1 saturated heterocycles. The van der Waals surface area contributed by atoms with Crippen molar-refractivity contribution in [3.05, 3.63) is 59.4 Å². The summed E-state index contributed by atoms with van der Waals surface area (Å²) in [6.07, 6.45) is -12.0. The highest BCUT2D eigenvalue weighted by atomic mass is 19.4. The summed E-state index contributed by atoms with van der Waals surface area (Å²) in [5.74, 6) is -7.22. The zero-order valence-electron chi connectivity index (χ0n) is 24.1. The Morgan fingerprint density at radius 3 is 1.74 bits per heavy atom. The maximum atomic E-state index is 10.6. The number of piperidine rings is 1. The molecule has 0 radical (unpaired) electrons. The Hall–Kier alpha value is -4.13. The maximum absolute atomic E-state index is 10.6. The first-order valence-corrected chi connectivity index (χ1v) is 13.0. The number of hydrogen-bond acceptors (Lipinski definition) is 7. The standard InChI is InChI=1S/C21H27N3O.3C2HF3O2/c1-16-6-5-7-17(23-16)15-22-19-14-21(10-12-24(2)13-11-21)25-20-9-4-3-8-18(19)20;3*3-2(4,5)1(6)7/h3-9,19,22H,10-15H2,1-2H3;3*(H,6,7). The molecule has 1 spiro atoms. The molecule has 0 aliphatic carbocycles. The third-order valence-corrected chi connectivity index (χ3v) is 6.30. The van der Waals surface area contributed by atoms with E-state index in [0.717, 1.165) is 56.0 Å². The van der Waals surface area contributed by atoms with Crippen LogP contribution in [0.1, 0.15) is 42.3 Å². The van der Waals surface area contributed by atoms with E-state index in [4.69, 9.17) is 34.4 Å². The molecule has 2 aliphatic heterocycles. The van der Waals surface area contributed by atoms with E-state index >= 15 is 0 Å². The number of likely N-dealkylation sites (tertiary alicyclic amines) is 1. The summed E-state index contributed by atoms with van der Waals surface area (Å²) in [7, 11) is 2.20. The number of aryl methyl sites for hydroxylation is 1. The molecule has 2 aromatic rings. The second-order valence-corrected chi connectivity index (χ2v) is 9.94. The van der Waals surface area contributed by atoms with Gasteiger partial charge in [-0.15, -0.1) is 0 Å². The Kier molecular flexibility index (Phi) is 14.3. The zero-order valence-corrected chi connectivity index (χ0v) is 24.1. The van der Waals surface area contributed by atoms with Crippen molar-refractivity contribution in [3.8, 4) is 5.75 Å². The lowest BCUT2D eigenvalue weighted by atomic mass is 9.80. The molecule has 1 fully saturated rings. The molecule has 258 valence electrons. The Morgan fingerprint density at radius 1 is 0.848 bits per heavy atom. The summed E-state index contributed by atoms with van der Waals surface area (Å²) >= 11 is 0. The van der Waals surface area contributed by atoms with Crippen molar-refractivity contribution < 1.29 is 74.0 Å². The van der Waals surface area contributed by atoms with E-state index in [-0.39, 0.29) is 5.60 Å². The van der Waals surface area contributed by atoms with E-state index in [2.05, 4.69) is 58.6 Å². The van der Waals surface area contributed by atoms with Crippen LogP contribution in [0, 0.1) is 6.92 Å². The number of alkyl halides is 9. The van der Waals surface area contributed by atoms with Crippen LogP contribution in [-0.2, 0) is 20.9 Å². The minimum Gasteiger partial charge on any atom is -0.487 e. The van der Waals surface area contributed by atoms with Gasteiger partial charge >= 0.3 is 36.4 Å². The number of pyridine rings is 1. The highest BCUT2D eigenvalue weighted by Crippen LogP contribution is 2.44. The Labute approximate surface area is 255 Å². The molecular formula is C27H30F9N3O7. The smallest absolute Gasteiger partial charge is 0.487 e. The molecule has 1 aromatic carbocycles. The predicted octanol–water partition coefficient (Wildman–Crippen LogP) is 5.37. The van der Waals surface area contributed by atoms with Gasteiger partial charge < -0.3 is 30.3 Å². The third kappa shape index (κ3) is 13.9. The van der Waals surface area contributed by atoms with Gasteiger partial charge in [0.15, 0.2) is 0 Å². The van der Waals surface area contributed by atoms with Crippen LogP contribution in [0.3, 0.4) is 0 Å². The average molecular weight is 680 g/mol. The first-order chi connectivity index (χ1) is 21.0. The van der Waals surface area contributed by atoms with Crippen LogP contribution in [0.25, 0.3) is 0 Å². The lowest BCUT2D eigenvalue weighted by Gasteiger charge is -2.46. The SMILES string of the molecule is Cc1cccc(CNC2CC3(CCN(C)CC3)Oc3ccccc32)n1.O=C(O)C(F)(F)F.O=C(O)C(F)(F)F.O=C(O)C(F)(F)F. The summed E-state index contributed by atoms with van der Waals surface area (Å²) in [5.41, 5.74) is 3.41. The molecule has 0 saturated carbocycles. The Bertz CT molecular complexity index is 1250. The number of rotatable bonds is 3. The number of aromatic nitrogens is 1. The molecule has 4 N–H and O–H groups in total. The number of hydrogen-bond donors (Lipinski definition) is 4. The number of fused-ring (bicyclic) bond motifs is 1. The van der Waals surface area contributed by atoms with Crippen molar-refractivity contribution in [2.24, 2.45) is 0 Å². The molecule has 1 unspecified atom stereocenters. The average Bonchev–Trinajstić information content (AvgIpc) is 2.93. The molecule has 4 rings (SSSR count). The second kappa shape index (κ2) is 16.4. The first kappa shape index (κ1) is 39.9.